The number of H-pyrrole nitrogens is 1. The highest BCUT2D eigenvalue weighted by molar-refractivity contribution is 6.66. The van der Waals surface area contributed by atoms with Gasteiger partial charge < -0.3 is 20.0 Å². The number of fused-ring (bicyclic) bond motifs is 3. The fraction of sp³-hybridized carbons (Fsp3) is 0.619. The van der Waals surface area contributed by atoms with Crippen LogP contribution in [0.2, 0.25) is 0 Å². The minimum atomic E-state index is -0.772. The molecule has 0 radical (unpaired) electrons. The van der Waals surface area contributed by atoms with Crippen LogP contribution in [0, 0.1) is 23.7 Å². The van der Waals surface area contributed by atoms with E-state index >= 15 is 0 Å². The maximum atomic E-state index is 11.0. The topological polar surface area (TPSA) is 84.7 Å². The van der Waals surface area contributed by atoms with E-state index in [4.69, 9.17) is 5.10 Å². The highest BCUT2D eigenvalue weighted by atomic mass is 16.3. The zero-order valence-electron chi connectivity index (χ0n) is 16.5. The lowest BCUT2D eigenvalue weighted by atomic mass is 9.48. The predicted octanol–water partition coefficient (Wildman–Crippen LogP) is 1.87. The number of aliphatic hydroxyl groups is 1. The van der Waals surface area contributed by atoms with Crippen LogP contribution in [-0.4, -0.2) is 49.4 Å². The molecule has 146 valence electrons. The van der Waals surface area contributed by atoms with Gasteiger partial charge in [-0.3, -0.25) is 0 Å². The van der Waals surface area contributed by atoms with Gasteiger partial charge in [0.2, 0.25) is 0 Å². The van der Waals surface area contributed by atoms with Crippen molar-refractivity contribution in [2.45, 2.75) is 57.6 Å². The second-order valence-corrected chi connectivity index (χ2v) is 9.88. The summed E-state index contributed by atoms with van der Waals surface area (Å²) in [6, 6.07) is 2.15. The van der Waals surface area contributed by atoms with Crippen LogP contribution in [0.3, 0.4) is 0 Å². The van der Waals surface area contributed by atoms with E-state index in [1.807, 2.05) is 17.3 Å². The fourth-order valence-corrected chi connectivity index (χ4v) is 6.94. The normalized spacial score (nSPS) is 36.4. The van der Waals surface area contributed by atoms with Crippen molar-refractivity contribution >= 4 is 29.3 Å². The molecule has 3 N–H and O–H groups in total. The average Bonchev–Trinajstić information content (AvgIpc) is 3.10. The molecule has 2 atom stereocenters. The number of hydrogen-bond donors (Lipinski definition) is 3. The Labute approximate surface area is 165 Å². The molecule has 3 heterocycles. The molecule has 0 saturated heterocycles. The third kappa shape index (κ3) is 2.23. The molecule has 4 fully saturated rings. The molecular weight excluding hydrogens is 351 g/mol. The van der Waals surface area contributed by atoms with Crippen molar-refractivity contribution < 1.29 is 10.1 Å². The molecule has 28 heavy (non-hydrogen) atoms. The van der Waals surface area contributed by atoms with Gasteiger partial charge in [-0.05, 0) is 69.8 Å². The molecule has 6 nitrogen and oxygen atoms in total. The van der Waals surface area contributed by atoms with Crippen LogP contribution in [0.4, 0.5) is 0 Å². The summed E-state index contributed by atoms with van der Waals surface area (Å²) in [4.78, 5) is 9.59. The van der Waals surface area contributed by atoms with Crippen LogP contribution in [0.25, 0.3) is 11.0 Å². The fourth-order valence-electron chi connectivity index (χ4n) is 6.94. The van der Waals surface area contributed by atoms with Gasteiger partial charge >= 0.3 is 7.05 Å². The van der Waals surface area contributed by atoms with Gasteiger partial charge in [-0.15, -0.1) is 0 Å². The van der Waals surface area contributed by atoms with Gasteiger partial charge in [0, 0.05) is 40.8 Å². The molecule has 4 aliphatic carbocycles. The van der Waals surface area contributed by atoms with Crippen LogP contribution in [-0.2, 0) is 0 Å². The quantitative estimate of drug-likeness (QED) is 0.697. The molecule has 7 heteroatoms. The third-order valence-corrected chi connectivity index (χ3v) is 7.71. The first-order chi connectivity index (χ1) is 13.4. The van der Waals surface area contributed by atoms with Crippen molar-refractivity contribution in [3.8, 4) is 0 Å². The highest BCUT2D eigenvalue weighted by Crippen LogP contribution is 2.59. The number of rotatable bonds is 2. The third-order valence-electron chi connectivity index (χ3n) is 7.71. The predicted molar refractivity (Wildman–Crippen MR) is 109 cm³/mol. The van der Waals surface area contributed by atoms with Gasteiger partial charge in [-0.2, -0.15) is 5.10 Å². The molecule has 2 aromatic heterocycles. The number of nitrogens with one attached hydrogen (secondary N) is 1. The Morgan fingerprint density at radius 2 is 2.00 bits per heavy atom. The first kappa shape index (κ1) is 17.0. The van der Waals surface area contributed by atoms with Crippen molar-refractivity contribution in [3.63, 3.8) is 0 Å². The molecule has 0 unspecified atom stereocenters. The van der Waals surface area contributed by atoms with Gasteiger partial charge in [0.05, 0.1) is 11.3 Å². The lowest BCUT2D eigenvalue weighted by molar-refractivity contribution is -0.138. The van der Waals surface area contributed by atoms with Crippen LogP contribution < -0.4 is 5.46 Å². The zero-order chi connectivity index (χ0) is 19.2. The molecule has 1 aliphatic heterocycles. The van der Waals surface area contributed by atoms with Crippen molar-refractivity contribution in [1.29, 1.82) is 0 Å². The second kappa shape index (κ2) is 5.60. The molecule has 0 amide bonds. The van der Waals surface area contributed by atoms with Crippen molar-refractivity contribution in [3.05, 3.63) is 24.0 Å². The van der Waals surface area contributed by atoms with Gasteiger partial charge in [0.25, 0.3) is 0 Å². The van der Waals surface area contributed by atoms with E-state index in [0.717, 1.165) is 47.0 Å². The van der Waals surface area contributed by atoms with Gasteiger partial charge in [0.1, 0.15) is 5.65 Å². The summed E-state index contributed by atoms with van der Waals surface area (Å²) in [6.07, 6.45) is 8.89. The molecule has 7 rings (SSSR count). The van der Waals surface area contributed by atoms with Crippen LogP contribution >= 0.6 is 0 Å². The number of hydrogen-bond acceptors (Lipinski definition) is 5. The van der Waals surface area contributed by atoms with Crippen molar-refractivity contribution in [2.75, 3.05) is 0 Å². The summed E-state index contributed by atoms with van der Waals surface area (Å²) in [5, 5.41) is 28.2. The van der Waals surface area contributed by atoms with E-state index in [1.165, 1.54) is 12.8 Å². The van der Waals surface area contributed by atoms with Crippen LogP contribution in [0.1, 0.15) is 51.5 Å². The Morgan fingerprint density at radius 3 is 2.68 bits per heavy atom. The summed E-state index contributed by atoms with van der Waals surface area (Å²) in [7, 11) is -0.772. The molecule has 0 aromatic carbocycles. The number of aromatic amines is 1. The lowest BCUT2D eigenvalue weighted by Gasteiger charge is -2.58. The van der Waals surface area contributed by atoms with Crippen LogP contribution in [0.5, 0.6) is 0 Å². The Balaban J connectivity index is 1.54. The number of aromatic nitrogens is 2. The van der Waals surface area contributed by atoms with Crippen molar-refractivity contribution in [1.82, 2.24) is 14.9 Å². The first-order valence-electron chi connectivity index (χ1n) is 10.7. The van der Waals surface area contributed by atoms with E-state index in [9.17, 15) is 10.1 Å². The number of pyridine rings is 1. The van der Waals surface area contributed by atoms with E-state index in [0.29, 0.717) is 23.7 Å². The Kier molecular flexibility index (Phi) is 3.41. The first-order valence-corrected chi connectivity index (χ1v) is 10.7. The monoisotopic (exact) mass is 378 g/mol. The minimum Gasteiger partial charge on any atom is -0.428 e. The standard InChI is InChI=1S/C21H27BN4O2/c1-11(2)26-22(28)16-10-24-20-15(3-4-23-20)18(16)19(25-26)17-13-5-12-6-14(17)9-21(27,7-12)8-13/h3-4,10-14,17,27-28H,5-9H2,1-2H3,(H,23,24)/t12?,13-,14-,17?,21?/m0/s1. The summed E-state index contributed by atoms with van der Waals surface area (Å²) in [5.41, 5.74) is 3.43. The summed E-state index contributed by atoms with van der Waals surface area (Å²) in [6.45, 7) is 4.13. The van der Waals surface area contributed by atoms with E-state index in [1.54, 1.807) is 0 Å². The van der Waals surface area contributed by atoms with Crippen LogP contribution in [0.15, 0.2) is 23.6 Å². The average molecular weight is 378 g/mol. The van der Waals surface area contributed by atoms with E-state index in [2.05, 4.69) is 29.9 Å². The second-order valence-electron chi connectivity index (χ2n) is 9.88. The molecule has 5 aliphatic rings. The lowest BCUT2D eigenvalue weighted by Crippen LogP contribution is -2.60. The SMILES string of the molecule is CC(C)N1N=C(C2[C@H]3CC4C[C@H]2CC(O)(C4)C3)c2c(cnc3[nH]ccc23)B1O. The maximum Gasteiger partial charge on any atom is 0.468 e. The number of hydrazone groups is 1. The molecule has 2 aromatic rings. The molecule has 0 spiro atoms. The molecule has 4 bridgehead atoms. The molecular formula is C21H27BN4O2. The minimum absolute atomic E-state index is 0.0982. The van der Waals surface area contributed by atoms with Crippen molar-refractivity contribution in [2.24, 2.45) is 28.8 Å². The summed E-state index contributed by atoms with van der Waals surface area (Å²) in [5.74, 6) is 1.98. The van der Waals surface area contributed by atoms with Gasteiger partial charge in [-0.25, -0.2) is 4.98 Å². The summed E-state index contributed by atoms with van der Waals surface area (Å²) < 4.78 is 0. The van der Waals surface area contributed by atoms with E-state index in [-0.39, 0.29) is 6.04 Å². The maximum absolute atomic E-state index is 11.0. The highest BCUT2D eigenvalue weighted by Gasteiger charge is 2.57. The largest absolute Gasteiger partial charge is 0.468 e. The zero-order valence-corrected chi connectivity index (χ0v) is 16.5. The van der Waals surface area contributed by atoms with Gasteiger partial charge in [0.15, 0.2) is 0 Å². The number of nitrogens with zero attached hydrogens (tertiary/aromatic N) is 3. The van der Waals surface area contributed by atoms with E-state index < -0.39 is 12.7 Å². The Bertz CT molecular complexity index is 970. The Hall–Kier alpha value is -1.86. The Morgan fingerprint density at radius 1 is 1.25 bits per heavy atom. The van der Waals surface area contributed by atoms with Gasteiger partial charge in [-0.1, -0.05) is 0 Å². The summed E-state index contributed by atoms with van der Waals surface area (Å²) >= 11 is 0. The molecule has 4 saturated carbocycles. The smallest absolute Gasteiger partial charge is 0.428 e.